The van der Waals surface area contributed by atoms with Crippen molar-refractivity contribution in [2.24, 2.45) is 5.92 Å². The number of carbonyl (C=O) groups excluding carboxylic acids is 1. The predicted molar refractivity (Wildman–Crippen MR) is 68.0 cm³/mol. The van der Waals surface area contributed by atoms with Crippen LogP contribution in [0, 0.1) is 12.8 Å². The third-order valence-electron chi connectivity index (χ3n) is 3.12. The monoisotopic (exact) mass is 242 g/mol. The van der Waals surface area contributed by atoms with Gasteiger partial charge in [-0.05, 0) is 25.3 Å². The van der Waals surface area contributed by atoms with Crippen molar-refractivity contribution >= 4 is 11.8 Å². The normalized spacial score (nSPS) is 14.5. The number of aryl methyl sites for hydroxylation is 1. The van der Waals surface area contributed by atoms with Crippen molar-refractivity contribution < 1.29 is 9.32 Å². The molecular formula is C14H14N2O2. The molecule has 0 spiro atoms. The Morgan fingerprint density at radius 1 is 1.33 bits per heavy atom. The van der Waals surface area contributed by atoms with E-state index in [1.54, 1.807) is 6.20 Å². The van der Waals surface area contributed by atoms with E-state index in [4.69, 9.17) is 4.52 Å². The molecule has 18 heavy (non-hydrogen) atoms. The first-order chi connectivity index (χ1) is 8.74. The van der Waals surface area contributed by atoms with Gasteiger partial charge in [0.15, 0.2) is 0 Å². The molecule has 0 saturated heterocycles. The highest BCUT2D eigenvalue weighted by atomic mass is 16.5. The number of aromatic nitrogens is 1. The van der Waals surface area contributed by atoms with Crippen LogP contribution in [0.25, 0.3) is 11.1 Å². The zero-order valence-corrected chi connectivity index (χ0v) is 10.1. The van der Waals surface area contributed by atoms with Crippen LogP contribution in [0.1, 0.15) is 18.4 Å². The standard InChI is InChI=1S/C14H14N2O2/c1-9-2-4-10(5-3-9)12-8-15-18-14(12)16-13(17)11-6-7-11/h2-5,8,11H,6-7H2,1H3,(H,16,17). The first-order valence-corrected chi connectivity index (χ1v) is 6.06. The molecule has 3 rings (SSSR count). The molecule has 4 heteroatoms. The van der Waals surface area contributed by atoms with E-state index in [1.165, 1.54) is 5.56 Å². The molecule has 1 fully saturated rings. The molecule has 92 valence electrons. The molecule has 1 heterocycles. The van der Waals surface area contributed by atoms with E-state index in [-0.39, 0.29) is 11.8 Å². The zero-order chi connectivity index (χ0) is 12.5. The van der Waals surface area contributed by atoms with Crippen molar-refractivity contribution in [3.05, 3.63) is 36.0 Å². The third-order valence-corrected chi connectivity index (χ3v) is 3.12. The Bertz CT molecular complexity index is 568. The molecule has 0 radical (unpaired) electrons. The molecule has 0 atom stereocenters. The summed E-state index contributed by atoms with van der Waals surface area (Å²) < 4.78 is 5.12. The van der Waals surface area contributed by atoms with Crippen LogP contribution < -0.4 is 5.32 Å². The summed E-state index contributed by atoms with van der Waals surface area (Å²) in [7, 11) is 0. The van der Waals surface area contributed by atoms with Crippen LogP contribution in [-0.4, -0.2) is 11.1 Å². The molecule has 1 aromatic carbocycles. The van der Waals surface area contributed by atoms with Gasteiger partial charge in [0.05, 0.1) is 11.8 Å². The van der Waals surface area contributed by atoms with Gasteiger partial charge in [-0.3, -0.25) is 10.1 Å². The third kappa shape index (κ3) is 2.14. The van der Waals surface area contributed by atoms with Crippen molar-refractivity contribution in [1.29, 1.82) is 0 Å². The second kappa shape index (κ2) is 4.29. The molecule has 1 aliphatic carbocycles. The Morgan fingerprint density at radius 2 is 2.06 bits per heavy atom. The second-order valence-electron chi connectivity index (χ2n) is 4.70. The lowest BCUT2D eigenvalue weighted by Gasteiger charge is -2.03. The highest BCUT2D eigenvalue weighted by Gasteiger charge is 2.30. The van der Waals surface area contributed by atoms with E-state index in [9.17, 15) is 4.79 Å². The van der Waals surface area contributed by atoms with Crippen LogP contribution >= 0.6 is 0 Å². The molecule has 0 aliphatic heterocycles. The van der Waals surface area contributed by atoms with E-state index in [2.05, 4.69) is 10.5 Å². The minimum atomic E-state index is 0.0279. The fraction of sp³-hybridized carbons (Fsp3) is 0.286. The number of hydrogen-bond acceptors (Lipinski definition) is 3. The first-order valence-electron chi connectivity index (χ1n) is 6.06. The Balaban J connectivity index is 1.86. The smallest absolute Gasteiger partial charge is 0.239 e. The minimum Gasteiger partial charge on any atom is -0.338 e. The van der Waals surface area contributed by atoms with Gasteiger partial charge in [0, 0.05) is 5.92 Å². The summed E-state index contributed by atoms with van der Waals surface area (Å²) in [5.74, 6) is 0.622. The Morgan fingerprint density at radius 3 is 2.72 bits per heavy atom. The maximum absolute atomic E-state index is 11.7. The minimum absolute atomic E-state index is 0.0279. The molecule has 1 aromatic heterocycles. The van der Waals surface area contributed by atoms with E-state index in [1.807, 2.05) is 31.2 Å². The zero-order valence-electron chi connectivity index (χ0n) is 10.1. The number of nitrogens with one attached hydrogen (secondary N) is 1. The van der Waals surface area contributed by atoms with Gasteiger partial charge in [-0.1, -0.05) is 35.0 Å². The maximum Gasteiger partial charge on any atom is 0.239 e. The average Bonchev–Trinajstić information content (AvgIpc) is 3.12. The van der Waals surface area contributed by atoms with Gasteiger partial charge in [0.2, 0.25) is 11.8 Å². The number of amides is 1. The Hall–Kier alpha value is -2.10. The molecule has 1 N–H and O–H groups in total. The number of nitrogens with zero attached hydrogens (tertiary/aromatic N) is 1. The summed E-state index contributed by atoms with van der Waals surface area (Å²) in [6, 6.07) is 8.03. The summed E-state index contributed by atoms with van der Waals surface area (Å²) in [6.45, 7) is 2.03. The van der Waals surface area contributed by atoms with Crippen molar-refractivity contribution in [3.8, 4) is 11.1 Å². The Kier molecular flexibility index (Phi) is 2.63. The lowest BCUT2D eigenvalue weighted by atomic mass is 10.1. The lowest BCUT2D eigenvalue weighted by molar-refractivity contribution is -0.117. The fourth-order valence-corrected chi connectivity index (χ4v) is 1.83. The van der Waals surface area contributed by atoms with Gasteiger partial charge in [-0.15, -0.1) is 0 Å². The number of anilines is 1. The van der Waals surface area contributed by atoms with E-state index in [0.29, 0.717) is 5.88 Å². The average molecular weight is 242 g/mol. The summed E-state index contributed by atoms with van der Waals surface area (Å²) in [5, 5.41) is 6.56. The van der Waals surface area contributed by atoms with Crippen LogP contribution in [-0.2, 0) is 4.79 Å². The highest BCUT2D eigenvalue weighted by molar-refractivity contribution is 5.95. The summed E-state index contributed by atoms with van der Waals surface area (Å²) in [4.78, 5) is 11.7. The van der Waals surface area contributed by atoms with Crippen LogP contribution in [0.2, 0.25) is 0 Å². The van der Waals surface area contributed by atoms with Gasteiger partial charge < -0.3 is 4.52 Å². The predicted octanol–water partition coefficient (Wildman–Crippen LogP) is 3.00. The molecule has 0 unspecified atom stereocenters. The quantitative estimate of drug-likeness (QED) is 0.900. The summed E-state index contributed by atoms with van der Waals surface area (Å²) in [6.07, 6.45) is 3.58. The van der Waals surface area contributed by atoms with Gasteiger partial charge in [0.25, 0.3) is 0 Å². The molecular weight excluding hydrogens is 228 g/mol. The molecule has 2 aromatic rings. The molecule has 4 nitrogen and oxygen atoms in total. The van der Waals surface area contributed by atoms with Gasteiger partial charge in [-0.25, -0.2) is 0 Å². The van der Waals surface area contributed by atoms with Crippen LogP contribution in [0.4, 0.5) is 5.88 Å². The van der Waals surface area contributed by atoms with Crippen molar-refractivity contribution in [3.63, 3.8) is 0 Å². The van der Waals surface area contributed by atoms with Crippen molar-refractivity contribution in [1.82, 2.24) is 5.16 Å². The number of benzene rings is 1. The summed E-state index contributed by atoms with van der Waals surface area (Å²) in [5.41, 5.74) is 3.01. The van der Waals surface area contributed by atoms with E-state index < -0.39 is 0 Å². The Labute approximate surface area is 105 Å². The highest BCUT2D eigenvalue weighted by Crippen LogP contribution is 2.33. The molecule has 1 amide bonds. The maximum atomic E-state index is 11.7. The van der Waals surface area contributed by atoms with Gasteiger partial charge in [-0.2, -0.15) is 0 Å². The van der Waals surface area contributed by atoms with Gasteiger partial charge >= 0.3 is 0 Å². The SMILES string of the molecule is Cc1ccc(-c2cnoc2NC(=O)C2CC2)cc1. The lowest BCUT2D eigenvalue weighted by Crippen LogP contribution is -2.13. The largest absolute Gasteiger partial charge is 0.338 e. The van der Waals surface area contributed by atoms with Crippen LogP contribution in [0.15, 0.2) is 35.0 Å². The second-order valence-corrected chi connectivity index (χ2v) is 4.70. The van der Waals surface area contributed by atoms with Crippen molar-refractivity contribution in [2.75, 3.05) is 5.32 Å². The van der Waals surface area contributed by atoms with E-state index >= 15 is 0 Å². The number of rotatable bonds is 3. The van der Waals surface area contributed by atoms with Crippen molar-refractivity contribution in [2.45, 2.75) is 19.8 Å². The first kappa shape index (κ1) is 11.0. The van der Waals surface area contributed by atoms with Crippen LogP contribution in [0.3, 0.4) is 0 Å². The van der Waals surface area contributed by atoms with E-state index in [0.717, 1.165) is 24.0 Å². The topological polar surface area (TPSA) is 55.1 Å². The fourth-order valence-electron chi connectivity index (χ4n) is 1.83. The molecule has 1 aliphatic rings. The van der Waals surface area contributed by atoms with Gasteiger partial charge in [0.1, 0.15) is 0 Å². The summed E-state index contributed by atoms with van der Waals surface area (Å²) >= 11 is 0. The number of hydrogen-bond donors (Lipinski definition) is 1. The molecule has 1 saturated carbocycles. The number of carbonyl (C=O) groups is 1. The molecule has 0 bridgehead atoms. The van der Waals surface area contributed by atoms with Crippen LogP contribution in [0.5, 0.6) is 0 Å².